The number of methoxy groups -OCH3 is 4. The van der Waals surface area contributed by atoms with Crippen LogP contribution < -0.4 is 0 Å². The molecule has 0 N–H and O–H groups in total. The fraction of sp³-hybridized carbons (Fsp3) is 0.700. The van der Waals surface area contributed by atoms with Gasteiger partial charge in [-0.2, -0.15) is 5.26 Å². The van der Waals surface area contributed by atoms with Gasteiger partial charge in [-0.1, -0.05) is 0 Å². The van der Waals surface area contributed by atoms with Gasteiger partial charge in [0.25, 0.3) is 0 Å². The summed E-state index contributed by atoms with van der Waals surface area (Å²) in [5, 5.41) is 8.68. The van der Waals surface area contributed by atoms with Crippen LogP contribution in [0.25, 0.3) is 0 Å². The van der Waals surface area contributed by atoms with Crippen molar-refractivity contribution in [2.24, 2.45) is 0 Å². The Morgan fingerprint density at radius 1 is 1.27 bits per heavy atom. The van der Waals surface area contributed by atoms with E-state index in [0.29, 0.717) is 6.61 Å². The molecule has 0 amide bonds. The molecule has 5 heteroatoms. The Labute approximate surface area is 90.2 Å². The van der Waals surface area contributed by atoms with Gasteiger partial charge in [-0.05, 0) is 0 Å². The first-order valence-corrected chi connectivity index (χ1v) is 4.43. The summed E-state index contributed by atoms with van der Waals surface area (Å²) in [6, 6.07) is 1.90. The lowest BCUT2D eigenvalue weighted by atomic mass is 10.2. The van der Waals surface area contributed by atoms with Crippen molar-refractivity contribution in [1.29, 1.82) is 5.26 Å². The summed E-state index contributed by atoms with van der Waals surface area (Å²) in [5.41, 5.74) is 0. The highest BCUT2D eigenvalue weighted by molar-refractivity contribution is 5.15. The third-order valence-electron chi connectivity index (χ3n) is 1.92. The van der Waals surface area contributed by atoms with E-state index in [1.807, 2.05) is 6.07 Å². The molecule has 0 aliphatic carbocycles. The zero-order valence-electron chi connectivity index (χ0n) is 9.52. The van der Waals surface area contributed by atoms with Crippen LogP contribution in [0.15, 0.2) is 11.8 Å². The minimum Gasteiger partial charge on any atom is -0.487 e. The van der Waals surface area contributed by atoms with Gasteiger partial charge in [0.15, 0.2) is 5.76 Å². The molecule has 0 radical (unpaired) electrons. The van der Waals surface area contributed by atoms with Crippen LogP contribution in [0.1, 0.15) is 0 Å². The van der Waals surface area contributed by atoms with Crippen LogP contribution >= 0.6 is 0 Å². The monoisotopic (exact) mass is 215 g/mol. The largest absolute Gasteiger partial charge is 0.487 e. The lowest BCUT2D eigenvalue weighted by molar-refractivity contribution is -0.0491. The molecule has 86 valence electrons. The number of ether oxygens (including phenoxy) is 4. The Kier molecular flexibility index (Phi) is 7.64. The molecule has 0 aromatic rings. The number of hydrogen-bond acceptors (Lipinski definition) is 5. The van der Waals surface area contributed by atoms with Crippen molar-refractivity contribution in [3.63, 3.8) is 0 Å². The molecule has 0 heterocycles. The van der Waals surface area contributed by atoms with Gasteiger partial charge in [0.05, 0.1) is 13.7 Å². The highest BCUT2D eigenvalue weighted by Gasteiger charge is 2.19. The van der Waals surface area contributed by atoms with Crippen LogP contribution in [-0.2, 0) is 18.9 Å². The minimum absolute atomic E-state index is 0.194. The molecule has 2 unspecified atom stereocenters. The molecule has 0 aliphatic heterocycles. The van der Waals surface area contributed by atoms with E-state index in [1.54, 1.807) is 20.3 Å². The summed E-state index contributed by atoms with van der Waals surface area (Å²) >= 11 is 0. The summed E-state index contributed by atoms with van der Waals surface area (Å²) in [6.45, 7) is 0.383. The van der Waals surface area contributed by atoms with Crippen LogP contribution in [0.3, 0.4) is 0 Å². The molecule has 0 aliphatic rings. The molecule has 0 saturated heterocycles. The average molecular weight is 215 g/mol. The predicted octanol–water partition coefficient (Wildman–Crippen LogP) is 0.717. The standard InChI is InChI=1S/C10H17NO4/c1-12-7-10(15-4)9(14-3)5-8(6-11)13-2/h5,9-10H,7H2,1-4H3/b8-5-. The smallest absolute Gasteiger partial charge is 0.195 e. The topological polar surface area (TPSA) is 60.7 Å². The van der Waals surface area contributed by atoms with Crippen LogP contribution in [0.2, 0.25) is 0 Å². The van der Waals surface area contributed by atoms with E-state index >= 15 is 0 Å². The van der Waals surface area contributed by atoms with Gasteiger partial charge < -0.3 is 18.9 Å². The average Bonchev–Trinajstić information content (AvgIpc) is 2.28. The number of hydrogen-bond donors (Lipinski definition) is 0. The maximum Gasteiger partial charge on any atom is 0.195 e. The molecule has 0 spiro atoms. The molecule has 0 rings (SSSR count). The second kappa shape index (κ2) is 8.24. The van der Waals surface area contributed by atoms with Crippen molar-refractivity contribution < 1.29 is 18.9 Å². The van der Waals surface area contributed by atoms with Crippen molar-refractivity contribution in [3.05, 3.63) is 11.8 Å². The van der Waals surface area contributed by atoms with Crippen LogP contribution in [0.4, 0.5) is 0 Å². The van der Waals surface area contributed by atoms with E-state index in [2.05, 4.69) is 0 Å². The third-order valence-corrected chi connectivity index (χ3v) is 1.92. The zero-order chi connectivity index (χ0) is 11.7. The number of rotatable bonds is 7. The fourth-order valence-electron chi connectivity index (χ4n) is 1.09. The van der Waals surface area contributed by atoms with Gasteiger partial charge >= 0.3 is 0 Å². The molecule has 0 saturated carbocycles. The molecule has 0 aromatic carbocycles. The Hall–Kier alpha value is -1.09. The van der Waals surface area contributed by atoms with E-state index in [1.165, 1.54) is 14.2 Å². The summed E-state index contributed by atoms with van der Waals surface area (Å²) in [7, 11) is 6.10. The van der Waals surface area contributed by atoms with E-state index in [9.17, 15) is 0 Å². The first kappa shape index (κ1) is 13.9. The van der Waals surface area contributed by atoms with Gasteiger partial charge in [-0.3, -0.25) is 0 Å². The van der Waals surface area contributed by atoms with Crippen LogP contribution in [0, 0.1) is 11.3 Å². The molecular weight excluding hydrogens is 198 g/mol. The van der Waals surface area contributed by atoms with Crippen molar-refractivity contribution in [2.45, 2.75) is 12.2 Å². The second-order valence-corrected chi connectivity index (χ2v) is 2.78. The summed E-state index contributed by atoms with van der Waals surface area (Å²) in [4.78, 5) is 0. The molecule has 5 nitrogen and oxygen atoms in total. The normalized spacial score (nSPS) is 15.5. The van der Waals surface area contributed by atoms with E-state index in [-0.39, 0.29) is 18.0 Å². The van der Waals surface area contributed by atoms with Gasteiger partial charge in [0, 0.05) is 27.4 Å². The number of nitrogens with zero attached hydrogens (tertiary/aromatic N) is 1. The van der Waals surface area contributed by atoms with E-state index in [0.717, 1.165) is 0 Å². The number of allylic oxidation sites excluding steroid dienone is 1. The molecule has 15 heavy (non-hydrogen) atoms. The van der Waals surface area contributed by atoms with Gasteiger partial charge in [0.1, 0.15) is 18.3 Å². The highest BCUT2D eigenvalue weighted by Crippen LogP contribution is 2.08. The quantitative estimate of drug-likeness (QED) is 0.462. The first-order valence-electron chi connectivity index (χ1n) is 4.43. The van der Waals surface area contributed by atoms with Crippen LogP contribution in [-0.4, -0.2) is 47.3 Å². The summed E-state index contributed by atoms with van der Waals surface area (Å²) in [5.74, 6) is 0.194. The minimum atomic E-state index is -0.371. The van der Waals surface area contributed by atoms with E-state index < -0.39 is 0 Å². The van der Waals surface area contributed by atoms with Gasteiger partial charge in [0.2, 0.25) is 0 Å². The lowest BCUT2D eigenvalue weighted by Gasteiger charge is -2.21. The summed E-state index contributed by atoms with van der Waals surface area (Å²) < 4.78 is 20.1. The molecule has 0 bridgehead atoms. The molecular formula is C10H17NO4. The molecule has 2 atom stereocenters. The second-order valence-electron chi connectivity index (χ2n) is 2.78. The summed E-state index contributed by atoms with van der Waals surface area (Å²) in [6.07, 6.45) is 0.927. The van der Waals surface area contributed by atoms with Gasteiger partial charge in [-0.25, -0.2) is 0 Å². The maximum absolute atomic E-state index is 8.68. The highest BCUT2D eigenvalue weighted by atomic mass is 16.6. The van der Waals surface area contributed by atoms with Crippen molar-refractivity contribution in [1.82, 2.24) is 0 Å². The van der Waals surface area contributed by atoms with E-state index in [4.69, 9.17) is 24.2 Å². The maximum atomic E-state index is 8.68. The SMILES string of the molecule is COCC(OC)C(/C=C(/C#N)OC)OC. The number of nitriles is 1. The predicted molar refractivity (Wildman–Crippen MR) is 54.2 cm³/mol. The van der Waals surface area contributed by atoms with Crippen molar-refractivity contribution in [2.75, 3.05) is 35.0 Å². The Morgan fingerprint density at radius 2 is 1.93 bits per heavy atom. The zero-order valence-corrected chi connectivity index (χ0v) is 9.52. The molecule has 0 fully saturated rings. The lowest BCUT2D eigenvalue weighted by Crippen LogP contribution is -2.32. The van der Waals surface area contributed by atoms with Gasteiger partial charge in [-0.15, -0.1) is 0 Å². The third kappa shape index (κ3) is 4.79. The fourth-order valence-corrected chi connectivity index (χ4v) is 1.09. The first-order chi connectivity index (χ1) is 7.23. The van der Waals surface area contributed by atoms with Crippen LogP contribution in [0.5, 0.6) is 0 Å². The Bertz CT molecular complexity index is 234. The Morgan fingerprint density at radius 3 is 2.27 bits per heavy atom. The molecule has 0 aromatic heterocycles. The van der Waals surface area contributed by atoms with Crippen molar-refractivity contribution in [3.8, 4) is 6.07 Å². The Balaban J connectivity index is 4.58. The van der Waals surface area contributed by atoms with Crippen molar-refractivity contribution >= 4 is 0 Å².